The van der Waals surface area contributed by atoms with Crippen molar-refractivity contribution in [3.8, 4) is 0 Å². The monoisotopic (exact) mass is 334 g/mol. The highest BCUT2D eigenvalue weighted by atomic mass is 16.2. The maximum Gasteiger partial charge on any atom is 0.258 e. The topological polar surface area (TPSA) is 57.7 Å². The fourth-order valence-corrected chi connectivity index (χ4v) is 3.44. The van der Waals surface area contributed by atoms with Crippen LogP contribution in [0.4, 0.5) is 5.69 Å². The van der Waals surface area contributed by atoms with Gasteiger partial charge in [0.15, 0.2) is 0 Å². The second-order valence-electron chi connectivity index (χ2n) is 6.41. The molecule has 5 heteroatoms. The van der Waals surface area contributed by atoms with Gasteiger partial charge in [-0.15, -0.1) is 0 Å². The zero-order valence-electron chi connectivity index (χ0n) is 13.8. The van der Waals surface area contributed by atoms with Crippen LogP contribution in [0, 0.1) is 0 Å². The molecule has 0 aromatic heterocycles. The van der Waals surface area contributed by atoms with Gasteiger partial charge in [0.1, 0.15) is 0 Å². The molecule has 2 aromatic carbocycles. The summed E-state index contributed by atoms with van der Waals surface area (Å²) in [6.07, 6.45) is 1.47. The van der Waals surface area contributed by atoms with Gasteiger partial charge in [0.05, 0.1) is 6.54 Å². The number of anilines is 1. The van der Waals surface area contributed by atoms with Crippen LogP contribution in [0.1, 0.15) is 34.3 Å². The van der Waals surface area contributed by atoms with E-state index in [9.17, 15) is 14.4 Å². The van der Waals surface area contributed by atoms with Crippen LogP contribution in [0.3, 0.4) is 0 Å². The van der Waals surface area contributed by atoms with Crippen molar-refractivity contribution >= 4 is 23.4 Å². The standard InChI is InChI=1S/C20H18N2O3/c23-18-9-10-19(24)22(18)13-14-5-7-16(8-6-14)20(25)21-12-11-15-3-1-2-4-17(15)21/h1-8H,9-13H2. The van der Waals surface area contributed by atoms with Gasteiger partial charge in [0.2, 0.25) is 11.8 Å². The molecular formula is C20H18N2O3. The van der Waals surface area contributed by atoms with Crippen LogP contribution in [0.2, 0.25) is 0 Å². The van der Waals surface area contributed by atoms with Crippen molar-refractivity contribution in [2.45, 2.75) is 25.8 Å². The van der Waals surface area contributed by atoms with Crippen LogP contribution < -0.4 is 4.90 Å². The molecule has 0 saturated carbocycles. The molecule has 2 aliphatic rings. The molecule has 0 atom stereocenters. The van der Waals surface area contributed by atoms with E-state index >= 15 is 0 Å². The highest BCUT2D eigenvalue weighted by Crippen LogP contribution is 2.29. The third-order valence-electron chi connectivity index (χ3n) is 4.83. The number of benzene rings is 2. The molecule has 0 unspecified atom stereocenters. The van der Waals surface area contributed by atoms with Crippen LogP contribution in [-0.4, -0.2) is 29.2 Å². The number of likely N-dealkylation sites (tertiary alicyclic amines) is 1. The van der Waals surface area contributed by atoms with E-state index in [0.717, 1.165) is 17.7 Å². The summed E-state index contributed by atoms with van der Waals surface area (Å²) < 4.78 is 0. The zero-order valence-corrected chi connectivity index (χ0v) is 13.8. The van der Waals surface area contributed by atoms with Gasteiger partial charge < -0.3 is 4.90 Å². The summed E-state index contributed by atoms with van der Waals surface area (Å²) in [5.74, 6) is -0.275. The average Bonchev–Trinajstić information content (AvgIpc) is 3.20. The summed E-state index contributed by atoms with van der Waals surface area (Å²) in [5.41, 5.74) is 3.63. The van der Waals surface area contributed by atoms with Gasteiger partial charge in [-0.1, -0.05) is 30.3 Å². The second kappa shape index (κ2) is 6.16. The molecule has 5 nitrogen and oxygen atoms in total. The minimum atomic E-state index is -0.126. The van der Waals surface area contributed by atoms with Crippen molar-refractivity contribution in [2.24, 2.45) is 0 Å². The van der Waals surface area contributed by atoms with Crippen molar-refractivity contribution in [3.05, 3.63) is 65.2 Å². The van der Waals surface area contributed by atoms with Crippen molar-refractivity contribution in [3.63, 3.8) is 0 Å². The van der Waals surface area contributed by atoms with Gasteiger partial charge in [-0.05, 0) is 35.7 Å². The van der Waals surface area contributed by atoms with E-state index in [1.807, 2.05) is 30.3 Å². The largest absolute Gasteiger partial charge is 0.308 e. The lowest BCUT2D eigenvalue weighted by atomic mass is 10.1. The number of rotatable bonds is 3. The molecule has 2 heterocycles. The third-order valence-corrected chi connectivity index (χ3v) is 4.83. The van der Waals surface area contributed by atoms with E-state index < -0.39 is 0 Å². The summed E-state index contributed by atoms with van der Waals surface area (Å²) in [6, 6.07) is 15.1. The Balaban J connectivity index is 1.50. The molecule has 126 valence electrons. The Morgan fingerprint density at radius 3 is 2.28 bits per heavy atom. The Hall–Kier alpha value is -2.95. The number of nitrogens with zero attached hydrogens (tertiary/aromatic N) is 2. The summed E-state index contributed by atoms with van der Waals surface area (Å²) in [7, 11) is 0. The van der Waals surface area contributed by atoms with Gasteiger partial charge in [-0.3, -0.25) is 19.3 Å². The van der Waals surface area contributed by atoms with Crippen LogP contribution in [0.15, 0.2) is 48.5 Å². The number of carbonyl (C=O) groups is 3. The van der Waals surface area contributed by atoms with Crippen molar-refractivity contribution < 1.29 is 14.4 Å². The van der Waals surface area contributed by atoms with Crippen molar-refractivity contribution in [1.82, 2.24) is 4.90 Å². The maximum atomic E-state index is 12.8. The molecule has 0 bridgehead atoms. The molecule has 4 rings (SSSR count). The molecule has 2 aliphatic heterocycles. The van der Waals surface area contributed by atoms with E-state index in [4.69, 9.17) is 0 Å². The molecule has 1 saturated heterocycles. The Bertz CT molecular complexity index is 841. The number of fused-ring (bicyclic) bond motifs is 1. The highest BCUT2D eigenvalue weighted by molar-refractivity contribution is 6.07. The number of hydrogen-bond acceptors (Lipinski definition) is 3. The molecule has 0 spiro atoms. The van der Waals surface area contributed by atoms with Crippen molar-refractivity contribution in [2.75, 3.05) is 11.4 Å². The first-order valence-electron chi connectivity index (χ1n) is 8.45. The first-order chi connectivity index (χ1) is 12.1. The molecule has 0 radical (unpaired) electrons. The zero-order chi connectivity index (χ0) is 17.4. The van der Waals surface area contributed by atoms with Gasteiger partial charge in [0, 0.05) is 30.6 Å². The quantitative estimate of drug-likeness (QED) is 0.811. The molecule has 3 amide bonds. The Morgan fingerprint density at radius 1 is 0.880 bits per heavy atom. The van der Waals surface area contributed by atoms with Gasteiger partial charge in [0.25, 0.3) is 5.91 Å². The van der Waals surface area contributed by atoms with E-state index in [1.165, 1.54) is 10.5 Å². The molecule has 0 N–H and O–H groups in total. The average molecular weight is 334 g/mol. The highest BCUT2D eigenvalue weighted by Gasteiger charge is 2.29. The summed E-state index contributed by atoms with van der Waals surface area (Å²) in [5, 5.41) is 0. The van der Waals surface area contributed by atoms with Gasteiger partial charge >= 0.3 is 0 Å². The second-order valence-corrected chi connectivity index (χ2v) is 6.41. The van der Waals surface area contributed by atoms with E-state index in [2.05, 4.69) is 6.07 Å². The Labute approximate surface area is 145 Å². The lowest BCUT2D eigenvalue weighted by Gasteiger charge is -2.18. The molecule has 1 fully saturated rings. The smallest absolute Gasteiger partial charge is 0.258 e. The number of carbonyl (C=O) groups excluding carboxylic acids is 3. The van der Waals surface area contributed by atoms with E-state index in [1.54, 1.807) is 17.0 Å². The minimum absolute atomic E-state index is 0.0233. The predicted molar refractivity (Wildman–Crippen MR) is 93.1 cm³/mol. The fourth-order valence-electron chi connectivity index (χ4n) is 3.44. The van der Waals surface area contributed by atoms with Crippen LogP contribution in [-0.2, 0) is 22.6 Å². The molecule has 0 aliphatic carbocycles. The number of hydrogen-bond donors (Lipinski definition) is 0. The van der Waals surface area contributed by atoms with Crippen LogP contribution >= 0.6 is 0 Å². The first-order valence-corrected chi connectivity index (χ1v) is 8.45. The summed E-state index contributed by atoms with van der Waals surface area (Å²) >= 11 is 0. The number of imide groups is 1. The minimum Gasteiger partial charge on any atom is -0.308 e. The number of amides is 3. The third kappa shape index (κ3) is 2.82. The SMILES string of the molecule is O=C1CCC(=O)N1Cc1ccc(C(=O)N2CCc3ccccc32)cc1. The molecular weight excluding hydrogens is 316 g/mol. The molecule has 25 heavy (non-hydrogen) atoms. The fraction of sp³-hybridized carbons (Fsp3) is 0.250. The van der Waals surface area contributed by atoms with Crippen LogP contribution in [0.25, 0.3) is 0 Å². The van der Waals surface area contributed by atoms with Crippen molar-refractivity contribution in [1.29, 1.82) is 0 Å². The predicted octanol–water partition coefficient (Wildman–Crippen LogP) is 2.54. The summed E-state index contributed by atoms with van der Waals surface area (Å²) in [6.45, 7) is 0.968. The normalized spacial score (nSPS) is 16.5. The molecule has 2 aromatic rings. The van der Waals surface area contributed by atoms with Gasteiger partial charge in [-0.25, -0.2) is 0 Å². The lowest BCUT2D eigenvalue weighted by molar-refractivity contribution is -0.139. The maximum absolute atomic E-state index is 12.8. The first kappa shape index (κ1) is 15.6. The van der Waals surface area contributed by atoms with E-state index in [0.29, 0.717) is 24.9 Å². The lowest BCUT2D eigenvalue weighted by Crippen LogP contribution is -2.29. The number of para-hydroxylation sites is 1. The Morgan fingerprint density at radius 2 is 1.56 bits per heavy atom. The summed E-state index contributed by atoms with van der Waals surface area (Å²) in [4.78, 5) is 39.3. The van der Waals surface area contributed by atoms with Gasteiger partial charge in [-0.2, -0.15) is 0 Å². The van der Waals surface area contributed by atoms with Crippen LogP contribution in [0.5, 0.6) is 0 Å². The van der Waals surface area contributed by atoms with E-state index in [-0.39, 0.29) is 24.3 Å². The Kier molecular flexibility index (Phi) is 3.84.